The number of hydrogen-bond donors (Lipinski definition) is 3. The number of anilines is 3. The van der Waals surface area contributed by atoms with Gasteiger partial charge in [-0.3, -0.25) is 0 Å². The zero-order chi connectivity index (χ0) is 16.2. The molecule has 1 aliphatic heterocycles. The second-order valence-electron chi connectivity index (χ2n) is 5.52. The lowest BCUT2D eigenvalue weighted by Crippen LogP contribution is -2.34. The average molecular weight is 313 g/mol. The molecule has 1 heterocycles. The van der Waals surface area contributed by atoms with Crippen molar-refractivity contribution in [1.82, 2.24) is 5.32 Å². The highest BCUT2D eigenvalue weighted by Crippen LogP contribution is 2.35. The smallest absolute Gasteiger partial charge is 0.319 e. The van der Waals surface area contributed by atoms with E-state index >= 15 is 0 Å². The molecule has 1 aliphatic rings. The first-order valence-corrected chi connectivity index (χ1v) is 7.44. The molecule has 23 heavy (non-hydrogen) atoms. The number of fused-ring (bicyclic) bond motifs is 1. The zero-order valence-corrected chi connectivity index (χ0v) is 13.1. The van der Waals surface area contributed by atoms with Gasteiger partial charge in [-0.1, -0.05) is 0 Å². The molecule has 6 nitrogen and oxygen atoms in total. The first-order valence-electron chi connectivity index (χ1n) is 7.44. The Kier molecular flexibility index (Phi) is 4.23. The van der Waals surface area contributed by atoms with Gasteiger partial charge in [-0.15, -0.1) is 0 Å². The minimum Gasteiger partial charge on any atom is -0.454 e. The van der Waals surface area contributed by atoms with Crippen LogP contribution in [0.3, 0.4) is 0 Å². The number of hydrogen-bond acceptors (Lipinski definition) is 4. The summed E-state index contributed by atoms with van der Waals surface area (Å²) in [6.45, 7) is 4.09. The van der Waals surface area contributed by atoms with Gasteiger partial charge in [0.1, 0.15) is 0 Å². The lowest BCUT2D eigenvalue weighted by Gasteiger charge is -2.11. The van der Waals surface area contributed by atoms with Gasteiger partial charge in [0.25, 0.3) is 0 Å². The van der Waals surface area contributed by atoms with E-state index < -0.39 is 0 Å². The maximum atomic E-state index is 11.6. The molecule has 120 valence electrons. The van der Waals surface area contributed by atoms with Gasteiger partial charge in [-0.05, 0) is 50.2 Å². The molecule has 0 atom stereocenters. The van der Waals surface area contributed by atoms with Gasteiger partial charge in [-0.25, -0.2) is 4.79 Å². The highest BCUT2D eigenvalue weighted by Gasteiger charge is 2.13. The summed E-state index contributed by atoms with van der Waals surface area (Å²) < 4.78 is 10.6. The molecule has 0 radical (unpaired) electrons. The summed E-state index contributed by atoms with van der Waals surface area (Å²) in [5.74, 6) is 1.49. The highest BCUT2D eigenvalue weighted by atomic mass is 16.7. The van der Waals surface area contributed by atoms with Gasteiger partial charge in [0.05, 0.1) is 0 Å². The monoisotopic (exact) mass is 313 g/mol. The molecule has 3 N–H and O–H groups in total. The number of benzene rings is 2. The van der Waals surface area contributed by atoms with Crippen molar-refractivity contribution in [2.45, 2.75) is 19.9 Å². The van der Waals surface area contributed by atoms with Crippen molar-refractivity contribution in [3.05, 3.63) is 42.5 Å². The number of carbonyl (C=O) groups is 1. The summed E-state index contributed by atoms with van der Waals surface area (Å²) in [6, 6.07) is 13.1. The van der Waals surface area contributed by atoms with E-state index in [-0.39, 0.29) is 18.9 Å². The molecular weight excluding hydrogens is 294 g/mol. The molecule has 0 fully saturated rings. The molecule has 3 rings (SSSR count). The Hall–Kier alpha value is -2.89. The summed E-state index contributed by atoms with van der Waals surface area (Å²) in [5, 5.41) is 8.84. The molecule has 2 aromatic rings. The normalized spacial score (nSPS) is 12.1. The van der Waals surface area contributed by atoms with Crippen LogP contribution < -0.4 is 25.4 Å². The minimum absolute atomic E-state index is 0.0990. The van der Waals surface area contributed by atoms with Crippen LogP contribution in [0, 0.1) is 0 Å². The maximum Gasteiger partial charge on any atom is 0.319 e. The van der Waals surface area contributed by atoms with Crippen molar-refractivity contribution in [2.75, 3.05) is 17.4 Å². The van der Waals surface area contributed by atoms with Crippen molar-refractivity contribution >= 4 is 23.1 Å². The van der Waals surface area contributed by atoms with Gasteiger partial charge in [0, 0.05) is 29.2 Å². The van der Waals surface area contributed by atoms with Gasteiger partial charge in [-0.2, -0.15) is 0 Å². The lowest BCUT2D eigenvalue weighted by atomic mass is 10.2. The second kappa shape index (κ2) is 6.48. The minimum atomic E-state index is -0.212. The fourth-order valence-electron chi connectivity index (χ4n) is 2.21. The van der Waals surface area contributed by atoms with Gasteiger partial charge in [0.15, 0.2) is 11.5 Å². The first-order chi connectivity index (χ1) is 11.1. The van der Waals surface area contributed by atoms with E-state index in [9.17, 15) is 4.79 Å². The summed E-state index contributed by atoms with van der Waals surface area (Å²) >= 11 is 0. The molecule has 0 unspecified atom stereocenters. The molecule has 0 saturated heterocycles. The third-order valence-corrected chi connectivity index (χ3v) is 3.22. The van der Waals surface area contributed by atoms with Gasteiger partial charge < -0.3 is 25.4 Å². The van der Waals surface area contributed by atoms with E-state index in [0.717, 1.165) is 28.6 Å². The van der Waals surface area contributed by atoms with Gasteiger partial charge in [0.2, 0.25) is 6.79 Å². The Morgan fingerprint density at radius 1 is 0.957 bits per heavy atom. The van der Waals surface area contributed by atoms with Crippen LogP contribution in [0.5, 0.6) is 11.5 Å². The standard InChI is InChI=1S/C17H19N3O3/c1-11(2)18-17(21)20-13-5-3-12(4-6-13)19-14-7-8-15-16(9-14)23-10-22-15/h3-9,11,19H,10H2,1-2H3,(H2,18,20,21). The Bertz CT molecular complexity index is 699. The molecule has 0 aliphatic carbocycles. The second-order valence-corrected chi connectivity index (χ2v) is 5.52. The fraction of sp³-hybridized carbons (Fsp3) is 0.235. The van der Waals surface area contributed by atoms with E-state index in [1.54, 1.807) is 0 Å². The topological polar surface area (TPSA) is 71.6 Å². The molecule has 6 heteroatoms. The zero-order valence-electron chi connectivity index (χ0n) is 13.1. The van der Waals surface area contributed by atoms with Crippen molar-refractivity contribution < 1.29 is 14.3 Å². The van der Waals surface area contributed by atoms with Crippen LogP contribution in [-0.4, -0.2) is 18.9 Å². The molecule has 0 saturated carbocycles. The largest absolute Gasteiger partial charge is 0.454 e. The van der Waals surface area contributed by atoms with Gasteiger partial charge >= 0.3 is 6.03 Å². The van der Waals surface area contributed by atoms with Crippen molar-refractivity contribution in [3.63, 3.8) is 0 Å². The number of rotatable bonds is 4. The predicted octanol–water partition coefficient (Wildman–Crippen LogP) is 3.69. The Morgan fingerprint density at radius 3 is 2.35 bits per heavy atom. The molecule has 0 aromatic heterocycles. The van der Waals surface area contributed by atoms with Crippen LogP contribution in [0.4, 0.5) is 21.9 Å². The average Bonchev–Trinajstić information content (AvgIpc) is 2.96. The van der Waals surface area contributed by atoms with Crippen LogP contribution in [0.1, 0.15) is 13.8 Å². The van der Waals surface area contributed by atoms with Crippen molar-refractivity contribution in [3.8, 4) is 11.5 Å². The molecular formula is C17H19N3O3. The molecule has 2 aromatic carbocycles. The fourth-order valence-corrected chi connectivity index (χ4v) is 2.21. The predicted molar refractivity (Wildman–Crippen MR) is 89.6 cm³/mol. The van der Waals surface area contributed by atoms with E-state index in [2.05, 4.69) is 16.0 Å². The molecule has 2 amide bonds. The highest BCUT2D eigenvalue weighted by molar-refractivity contribution is 5.89. The Morgan fingerprint density at radius 2 is 1.61 bits per heavy atom. The summed E-state index contributed by atoms with van der Waals surface area (Å²) in [5.41, 5.74) is 2.56. The van der Waals surface area contributed by atoms with Crippen LogP contribution in [0.15, 0.2) is 42.5 Å². The third-order valence-electron chi connectivity index (χ3n) is 3.22. The SMILES string of the molecule is CC(C)NC(=O)Nc1ccc(Nc2ccc3c(c2)OCO3)cc1. The van der Waals surface area contributed by atoms with Crippen LogP contribution in [-0.2, 0) is 0 Å². The molecule has 0 bridgehead atoms. The Balaban J connectivity index is 1.62. The number of urea groups is 1. The van der Waals surface area contributed by atoms with Crippen LogP contribution in [0.25, 0.3) is 0 Å². The van der Waals surface area contributed by atoms with E-state index in [4.69, 9.17) is 9.47 Å². The Labute approximate surface area is 134 Å². The number of carbonyl (C=O) groups excluding carboxylic acids is 1. The van der Waals surface area contributed by atoms with E-state index in [1.165, 1.54) is 0 Å². The lowest BCUT2D eigenvalue weighted by molar-refractivity contribution is 0.174. The number of amides is 2. The summed E-state index contributed by atoms with van der Waals surface area (Å²) in [7, 11) is 0. The van der Waals surface area contributed by atoms with Crippen LogP contribution in [0.2, 0.25) is 0 Å². The summed E-state index contributed by atoms with van der Waals surface area (Å²) in [4.78, 5) is 11.6. The molecule has 0 spiro atoms. The summed E-state index contributed by atoms with van der Waals surface area (Å²) in [6.07, 6.45) is 0. The number of nitrogens with one attached hydrogen (secondary N) is 3. The maximum absolute atomic E-state index is 11.6. The third kappa shape index (κ3) is 3.85. The van der Waals surface area contributed by atoms with E-state index in [1.807, 2.05) is 56.3 Å². The quantitative estimate of drug-likeness (QED) is 0.805. The number of ether oxygens (including phenoxy) is 2. The van der Waals surface area contributed by atoms with Crippen molar-refractivity contribution in [2.24, 2.45) is 0 Å². The first kappa shape index (κ1) is 15.0. The van der Waals surface area contributed by atoms with E-state index in [0.29, 0.717) is 0 Å². The van der Waals surface area contributed by atoms with Crippen LogP contribution >= 0.6 is 0 Å². The van der Waals surface area contributed by atoms with Crippen molar-refractivity contribution in [1.29, 1.82) is 0 Å².